The molecule has 0 fully saturated rings. The third kappa shape index (κ3) is 4.06. The maximum absolute atomic E-state index is 11.4. The molecule has 0 spiro atoms. The van der Waals surface area contributed by atoms with Crippen LogP contribution in [0.5, 0.6) is 0 Å². The molecule has 1 heterocycles. The van der Waals surface area contributed by atoms with Gasteiger partial charge in [0.2, 0.25) is 2.14 Å². The van der Waals surface area contributed by atoms with Crippen LogP contribution < -0.4 is 5.32 Å². The lowest BCUT2D eigenvalue weighted by molar-refractivity contribution is -0.119. The fraction of sp³-hybridized carbons (Fsp3) is 0.250. The van der Waals surface area contributed by atoms with Crippen LogP contribution in [0.4, 0.5) is 0 Å². The predicted octanol–water partition coefficient (Wildman–Crippen LogP) is 2.54. The van der Waals surface area contributed by atoms with Crippen LogP contribution >= 0.6 is 47.8 Å². The number of aromatic nitrogens is 1. The molecular weight excluding hydrogens is 380 g/mol. The Bertz CT molecular complexity index is 310. The summed E-state index contributed by atoms with van der Waals surface area (Å²) in [6, 6.07) is 5.55. The lowest BCUT2D eigenvalue weighted by Gasteiger charge is -2.11. The van der Waals surface area contributed by atoms with Gasteiger partial charge in [-0.3, -0.25) is 9.78 Å². The van der Waals surface area contributed by atoms with E-state index in [9.17, 15) is 4.79 Å². The van der Waals surface area contributed by atoms with Crippen LogP contribution in [0.25, 0.3) is 0 Å². The van der Waals surface area contributed by atoms with Crippen LogP contribution in [0.3, 0.4) is 0 Å². The van der Waals surface area contributed by atoms with Crippen molar-refractivity contribution in [1.29, 1.82) is 0 Å². The van der Waals surface area contributed by atoms with Crippen molar-refractivity contribution in [3.63, 3.8) is 0 Å². The number of amides is 1. The summed E-state index contributed by atoms with van der Waals surface area (Å²) in [5.74, 6) is -0.205. The Kier molecular flexibility index (Phi) is 4.53. The second-order valence-corrected chi connectivity index (χ2v) is 9.26. The zero-order valence-corrected chi connectivity index (χ0v) is 11.8. The van der Waals surface area contributed by atoms with Crippen molar-refractivity contribution in [3.05, 3.63) is 30.1 Å². The minimum absolute atomic E-state index is 0.205. The van der Waals surface area contributed by atoms with Gasteiger partial charge in [0.25, 0.3) is 5.91 Å². The van der Waals surface area contributed by atoms with Crippen LogP contribution in [0.1, 0.15) is 5.69 Å². The molecule has 76 valence electrons. The number of nitrogens with zero attached hydrogens (tertiary/aromatic N) is 1. The molecular formula is C8H7Br3N2O. The molecule has 0 bridgehead atoms. The number of hydrogen-bond donors (Lipinski definition) is 1. The second-order valence-electron chi connectivity index (χ2n) is 2.50. The molecule has 1 aromatic heterocycles. The number of nitrogens with one attached hydrogen (secondary N) is 1. The SMILES string of the molecule is O=C(NCc1ccccn1)C(Br)(Br)Br. The zero-order chi connectivity index (χ0) is 10.6. The number of carbonyl (C=O) groups excluding carboxylic acids is 1. The Labute approximate surface area is 107 Å². The smallest absolute Gasteiger partial charge is 0.259 e. The van der Waals surface area contributed by atoms with Gasteiger partial charge >= 0.3 is 0 Å². The van der Waals surface area contributed by atoms with Gasteiger partial charge in [0.1, 0.15) is 0 Å². The highest BCUT2D eigenvalue weighted by Gasteiger charge is 2.27. The van der Waals surface area contributed by atoms with Gasteiger partial charge in [0, 0.05) is 6.20 Å². The molecule has 3 nitrogen and oxygen atoms in total. The topological polar surface area (TPSA) is 42.0 Å². The number of alkyl halides is 3. The summed E-state index contributed by atoms with van der Waals surface area (Å²) in [5, 5.41) is 2.70. The highest BCUT2D eigenvalue weighted by atomic mass is 80.0. The summed E-state index contributed by atoms with van der Waals surface area (Å²) in [5.41, 5.74) is 0.817. The minimum atomic E-state index is -0.901. The van der Waals surface area contributed by atoms with Crippen molar-refractivity contribution in [2.45, 2.75) is 8.69 Å². The number of halogens is 3. The molecule has 0 saturated carbocycles. The summed E-state index contributed by atoms with van der Waals surface area (Å²) in [6.07, 6.45) is 1.69. The normalized spacial score (nSPS) is 11.1. The van der Waals surface area contributed by atoms with Gasteiger partial charge in [-0.05, 0) is 59.9 Å². The molecule has 0 aromatic carbocycles. The minimum Gasteiger partial charge on any atom is -0.348 e. The van der Waals surface area contributed by atoms with Crippen LogP contribution in [-0.4, -0.2) is 13.0 Å². The van der Waals surface area contributed by atoms with Gasteiger partial charge in [-0.25, -0.2) is 0 Å². The summed E-state index contributed by atoms with van der Waals surface area (Å²) in [4.78, 5) is 15.4. The first-order valence-corrected chi connectivity index (χ1v) is 6.13. The Hall–Kier alpha value is 0.0600. The molecule has 0 aliphatic rings. The number of hydrogen-bond acceptors (Lipinski definition) is 2. The molecule has 0 aliphatic heterocycles. The van der Waals surface area contributed by atoms with Gasteiger partial charge in [-0.15, -0.1) is 0 Å². The van der Waals surface area contributed by atoms with E-state index in [0.29, 0.717) is 6.54 Å². The molecule has 0 radical (unpaired) electrons. The summed E-state index contributed by atoms with van der Waals surface area (Å²) < 4.78 is -0.901. The van der Waals surface area contributed by atoms with E-state index in [0.717, 1.165) is 5.69 Å². The average molecular weight is 387 g/mol. The average Bonchev–Trinajstić information content (AvgIpc) is 2.14. The predicted molar refractivity (Wildman–Crippen MR) is 65.6 cm³/mol. The Morgan fingerprint density at radius 2 is 2.14 bits per heavy atom. The summed E-state index contributed by atoms with van der Waals surface area (Å²) in [6.45, 7) is 0.407. The van der Waals surface area contributed by atoms with E-state index >= 15 is 0 Å². The van der Waals surface area contributed by atoms with Gasteiger partial charge < -0.3 is 5.32 Å². The van der Waals surface area contributed by atoms with E-state index < -0.39 is 2.14 Å². The first kappa shape index (κ1) is 12.1. The van der Waals surface area contributed by atoms with Crippen molar-refractivity contribution >= 4 is 53.7 Å². The maximum Gasteiger partial charge on any atom is 0.259 e. The van der Waals surface area contributed by atoms with Crippen molar-refractivity contribution < 1.29 is 4.79 Å². The van der Waals surface area contributed by atoms with Gasteiger partial charge in [0.15, 0.2) is 0 Å². The van der Waals surface area contributed by atoms with Crippen molar-refractivity contribution in [3.8, 4) is 0 Å². The molecule has 1 N–H and O–H groups in total. The monoisotopic (exact) mass is 384 g/mol. The second kappa shape index (κ2) is 5.23. The lowest BCUT2D eigenvalue weighted by Crippen LogP contribution is -2.33. The van der Waals surface area contributed by atoms with E-state index in [1.165, 1.54) is 0 Å². The highest BCUT2D eigenvalue weighted by molar-refractivity contribution is 9.40. The standard InChI is InChI=1S/C8H7Br3N2O/c9-8(10,11)7(14)13-5-6-3-1-2-4-12-6/h1-4H,5H2,(H,13,14). The van der Waals surface area contributed by atoms with E-state index in [4.69, 9.17) is 0 Å². The third-order valence-corrected chi connectivity index (χ3v) is 2.49. The lowest BCUT2D eigenvalue weighted by atomic mass is 10.3. The fourth-order valence-electron chi connectivity index (χ4n) is 0.774. The highest BCUT2D eigenvalue weighted by Crippen LogP contribution is 2.33. The van der Waals surface area contributed by atoms with Crippen LogP contribution in [-0.2, 0) is 11.3 Å². The molecule has 0 unspecified atom stereocenters. The molecule has 0 aliphatic carbocycles. The third-order valence-electron chi connectivity index (χ3n) is 1.41. The Morgan fingerprint density at radius 1 is 1.43 bits per heavy atom. The summed E-state index contributed by atoms with van der Waals surface area (Å²) in [7, 11) is 0. The quantitative estimate of drug-likeness (QED) is 0.794. The molecule has 14 heavy (non-hydrogen) atoms. The maximum atomic E-state index is 11.4. The molecule has 6 heteroatoms. The van der Waals surface area contributed by atoms with E-state index in [2.05, 4.69) is 58.1 Å². The molecule has 0 saturated heterocycles. The zero-order valence-electron chi connectivity index (χ0n) is 7.01. The van der Waals surface area contributed by atoms with E-state index in [-0.39, 0.29) is 5.91 Å². The number of carbonyl (C=O) groups is 1. The first-order valence-electron chi connectivity index (χ1n) is 3.75. The Balaban J connectivity index is 2.46. The molecule has 0 atom stereocenters. The number of rotatable bonds is 2. The van der Waals surface area contributed by atoms with Crippen LogP contribution in [0.2, 0.25) is 0 Å². The molecule has 1 aromatic rings. The van der Waals surface area contributed by atoms with E-state index in [1.807, 2.05) is 18.2 Å². The van der Waals surface area contributed by atoms with Crippen LogP contribution in [0, 0.1) is 0 Å². The van der Waals surface area contributed by atoms with Crippen LogP contribution in [0.15, 0.2) is 24.4 Å². The Morgan fingerprint density at radius 3 is 2.64 bits per heavy atom. The van der Waals surface area contributed by atoms with Crippen molar-refractivity contribution in [1.82, 2.24) is 10.3 Å². The molecule has 1 rings (SSSR count). The molecule has 1 amide bonds. The van der Waals surface area contributed by atoms with Gasteiger partial charge in [-0.1, -0.05) is 6.07 Å². The van der Waals surface area contributed by atoms with Gasteiger partial charge in [-0.2, -0.15) is 0 Å². The van der Waals surface area contributed by atoms with Gasteiger partial charge in [0.05, 0.1) is 12.2 Å². The van der Waals surface area contributed by atoms with Crippen molar-refractivity contribution in [2.75, 3.05) is 0 Å². The summed E-state index contributed by atoms with van der Waals surface area (Å²) >= 11 is 9.36. The van der Waals surface area contributed by atoms with E-state index in [1.54, 1.807) is 6.20 Å². The first-order chi connectivity index (χ1) is 6.50. The largest absolute Gasteiger partial charge is 0.348 e. The van der Waals surface area contributed by atoms with Crippen molar-refractivity contribution in [2.24, 2.45) is 0 Å². The number of pyridine rings is 1. The fourth-order valence-corrected chi connectivity index (χ4v) is 1.19.